The fourth-order valence-electron chi connectivity index (χ4n) is 1.35. The zero-order valence-corrected chi connectivity index (χ0v) is 11.9. The first-order chi connectivity index (χ1) is 10.1. The van der Waals surface area contributed by atoms with Gasteiger partial charge < -0.3 is 10.6 Å². The quantitative estimate of drug-likeness (QED) is 0.592. The molecular formula is C12H8Cl2N6O. The SMILES string of the molecule is N#C/C(=C/Nc1ncn[nH]1)C(=O)Nc1cc(Cl)ccc1Cl. The molecular weight excluding hydrogens is 315 g/mol. The summed E-state index contributed by atoms with van der Waals surface area (Å²) >= 11 is 11.8. The van der Waals surface area contributed by atoms with Crippen LogP contribution in [0.1, 0.15) is 0 Å². The number of rotatable bonds is 4. The summed E-state index contributed by atoms with van der Waals surface area (Å²) < 4.78 is 0. The molecule has 7 nitrogen and oxygen atoms in total. The Hall–Kier alpha value is -2.56. The van der Waals surface area contributed by atoms with Gasteiger partial charge in [-0.1, -0.05) is 23.2 Å². The second-order valence-corrected chi connectivity index (χ2v) is 4.57. The zero-order valence-electron chi connectivity index (χ0n) is 10.4. The van der Waals surface area contributed by atoms with Crippen LogP contribution in [-0.2, 0) is 4.79 Å². The predicted octanol–water partition coefficient (Wildman–Crippen LogP) is 2.57. The van der Waals surface area contributed by atoms with E-state index in [1.165, 1.54) is 18.6 Å². The smallest absolute Gasteiger partial charge is 0.267 e. The summed E-state index contributed by atoms with van der Waals surface area (Å²) in [7, 11) is 0. The van der Waals surface area contributed by atoms with Gasteiger partial charge in [0.2, 0.25) is 5.95 Å². The molecule has 21 heavy (non-hydrogen) atoms. The Balaban J connectivity index is 2.12. The Morgan fingerprint density at radius 1 is 1.43 bits per heavy atom. The normalized spacial score (nSPS) is 10.8. The van der Waals surface area contributed by atoms with Crippen LogP contribution in [0.25, 0.3) is 0 Å². The molecule has 106 valence electrons. The first-order valence-electron chi connectivity index (χ1n) is 5.58. The van der Waals surface area contributed by atoms with E-state index in [9.17, 15) is 4.79 Å². The molecule has 0 saturated carbocycles. The van der Waals surface area contributed by atoms with E-state index in [0.717, 1.165) is 0 Å². The molecule has 9 heteroatoms. The first-order valence-corrected chi connectivity index (χ1v) is 6.34. The fourth-order valence-corrected chi connectivity index (χ4v) is 1.68. The second kappa shape index (κ2) is 6.74. The Kier molecular flexibility index (Phi) is 4.77. The summed E-state index contributed by atoms with van der Waals surface area (Å²) in [6.45, 7) is 0. The van der Waals surface area contributed by atoms with Gasteiger partial charge in [-0.2, -0.15) is 15.3 Å². The third kappa shape index (κ3) is 3.95. The monoisotopic (exact) mass is 322 g/mol. The number of hydrogen-bond donors (Lipinski definition) is 3. The molecule has 1 aromatic carbocycles. The fraction of sp³-hybridized carbons (Fsp3) is 0. The van der Waals surface area contributed by atoms with Crippen molar-refractivity contribution in [2.75, 3.05) is 10.6 Å². The molecule has 1 aromatic heterocycles. The van der Waals surface area contributed by atoms with E-state index >= 15 is 0 Å². The Morgan fingerprint density at radius 2 is 2.24 bits per heavy atom. The molecule has 0 aliphatic heterocycles. The van der Waals surface area contributed by atoms with Gasteiger partial charge in [-0.25, -0.2) is 5.10 Å². The van der Waals surface area contributed by atoms with Gasteiger partial charge in [-0.05, 0) is 18.2 Å². The highest BCUT2D eigenvalue weighted by atomic mass is 35.5. The van der Waals surface area contributed by atoms with Crippen LogP contribution in [-0.4, -0.2) is 21.1 Å². The van der Waals surface area contributed by atoms with Gasteiger partial charge in [-0.15, -0.1) is 0 Å². The number of nitrogens with zero attached hydrogens (tertiary/aromatic N) is 3. The van der Waals surface area contributed by atoms with Gasteiger partial charge in [0.25, 0.3) is 5.91 Å². The van der Waals surface area contributed by atoms with Gasteiger partial charge in [0.15, 0.2) is 0 Å². The largest absolute Gasteiger partial charge is 0.330 e. The second-order valence-electron chi connectivity index (χ2n) is 3.73. The average Bonchev–Trinajstić information content (AvgIpc) is 2.97. The molecule has 0 radical (unpaired) electrons. The lowest BCUT2D eigenvalue weighted by Crippen LogP contribution is -2.15. The number of halogens is 2. The highest BCUT2D eigenvalue weighted by Crippen LogP contribution is 2.25. The molecule has 0 saturated heterocycles. The number of aromatic amines is 1. The summed E-state index contributed by atoms with van der Waals surface area (Å²) in [5.41, 5.74) is 0.150. The van der Waals surface area contributed by atoms with Crippen molar-refractivity contribution in [3.63, 3.8) is 0 Å². The van der Waals surface area contributed by atoms with E-state index in [-0.39, 0.29) is 5.57 Å². The molecule has 1 heterocycles. The van der Waals surface area contributed by atoms with Crippen molar-refractivity contribution < 1.29 is 4.79 Å². The molecule has 0 unspecified atom stereocenters. The number of aromatic nitrogens is 3. The molecule has 2 aromatic rings. The van der Waals surface area contributed by atoms with Crippen LogP contribution in [0, 0.1) is 11.3 Å². The van der Waals surface area contributed by atoms with Gasteiger partial charge >= 0.3 is 0 Å². The lowest BCUT2D eigenvalue weighted by atomic mass is 10.2. The maximum Gasteiger partial charge on any atom is 0.267 e. The molecule has 1 amide bonds. The number of carbonyl (C=O) groups is 1. The molecule has 0 aliphatic rings. The van der Waals surface area contributed by atoms with Crippen molar-refractivity contribution in [2.45, 2.75) is 0 Å². The summed E-state index contributed by atoms with van der Waals surface area (Å²) in [5.74, 6) is -0.329. The maximum atomic E-state index is 12.0. The third-order valence-electron chi connectivity index (χ3n) is 2.31. The summed E-state index contributed by atoms with van der Waals surface area (Å²) in [4.78, 5) is 15.8. The minimum Gasteiger partial charge on any atom is -0.330 e. The topological polar surface area (TPSA) is 106 Å². The van der Waals surface area contributed by atoms with E-state index in [4.69, 9.17) is 28.5 Å². The number of hydrogen-bond acceptors (Lipinski definition) is 5. The van der Waals surface area contributed by atoms with Crippen LogP contribution < -0.4 is 10.6 Å². The maximum absolute atomic E-state index is 12.0. The highest BCUT2D eigenvalue weighted by Gasteiger charge is 2.11. The van der Waals surface area contributed by atoms with Crippen LogP contribution in [0.4, 0.5) is 11.6 Å². The van der Waals surface area contributed by atoms with Crippen LogP contribution >= 0.6 is 23.2 Å². The lowest BCUT2D eigenvalue weighted by Gasteiger charge is -2.07. The Bertz CT molecular complexity index is 720. The predicted molar refractivity (Wildman–Crippen MR) is 78.8 cm³/mol. The van der Waals surface area contributed by atoms with Crippen molar-refractivity contribution >= 4 is 40.7 Å². The van der Waals surface area contributed by atoms with Crippen molar-refractivity contribution in [3.05, 3.63) is 46.3 Å². The average molecular weight is 323 g/mol. The van der Waals surface area contributed by atoms with Crippen LogP contribution in [0.2, 0.25) is 10.0 Å². The minimum absolute atomic E-state index is 0.164. The Labute approximate surface area is 129 Å². The molecule has 2 rings (SSSR count). The van der Waals surface area contributed by atoms with E-state index < -0.39 is 5.91 Å². The van der Waals surface area contributed by atoms with Gasteiger partial charge in [0.1, 0.15) is 18.0 Å². The number of benzene rings is 1. The molecule has 0 aliphatic carbocycles. The van der Waals surface area contributed by atoms with Crippen molar-refractivity contribution in [1.29, 1.82) is 5.26 Å². The van der Waals surface area contributed by atoms with Crippen molar-refractivity contribution in [3.8, 4) is 6.07 Å². The number of nitrogens with one attached hydrogen (secondary N) is 3. The molecule has 0 fully saturated rings. The standard InChI is InChI=1S/C12H8Cl2N6O/c13-8-1-2-9(14)10(3-8)19-11(21)7(4-15)5-16-12-17-6-18-20-12/h1-3,5-6H,(H,19,21)(H2,16,17,18,20)/b7-5-. The molecule has 0 atom stereocenters. The van der Waals surface area contributed by atoms with Crippen LogP contribution in [0.3, 0.4) is 0 Å². The van der Waals surface area contributed by atoms with E-state index in [1.54, 1.807) is 18.2 Å². The first kappa shape index (κ1) is 14.8. The third-order valence-corrected chi connectivity index (χ3v) is 2.87. The van der Waals surface area contributed by atoms with Crippen molar-refractivity contribution in [1.82, 2.24) is 15.2 Å². The summed E-state index contributed by atoms with van der Waals surface area (Å²) in [5, 5.41) is 21.0. The highest BCUT2D eigenvalue weighted by molar-refractivity contribution is 6.35. The van der Waals surface area contributed by atoms with Gasteiger partial charge in [-0.3, -0.25) is 4.79 Å². The number of H-pyrrole nitrogens is 1. The van der Waals surface area contributed by atoms with Gasteiger partial charge in [0.05, 0.1) is 10.7 Å². The number of nitriles is 1. The Morgan fingerprint density at radius 3 is 2.90 bits per heavy atom. The van der Waals surface area contributed by atoms with E-state index in [2.05, 4.69) is 25.8 Å². The number of carbonyl (C=O) groups excluding carboxylic acids is 1. The van der Waals surface area contributed by atoms with Crippen molar-refractivity contribution in [2.24, 2.45) is 0 Å². The van der Waals surface area contributed by atoms with Gasteiger partial charge in [0, 0.05) is 11.2 Å². The molecule has 0 bridgehead atoms. The van der Waals surface area contributed by atoms with E-state index in [0.29, 0.717) is 21.7 Å². The zero-order chi connectivity index (χ0) is 15.2. The van der Waals surface area contributed by atoms with E-state index in [1.807, 2.05) is 0 Å². The lowest BCUT2D eigenvalue weighted by molar-refractivity contribution is -0.112. The minimum atomic E-state index is -0.631. The number of amides is 1. The van der Waals surface area contributed by atoms with Crippen LogP contribution in [0.5, 0.6) is 0 Å². The molecule has 0 spiro atoms. The summed E-state index contributed by atoms with van der Waals surface area (Å²) in [6.07, 6.45) is 2.49. The van der Waals surface area contributed by atoms with Crippen LogP contribution in [0.15, 0.2) is 36.3 Å². The molecule has 3 N–H and O–H groups in total. The number of anilines is 2. The summed E-state index contributed by atoms with van der Waals surface area (Å²) in [6, 6.07) is 6.39.